The van der Waals surface area contributed by atoms with Gasteiger partial charge in [-0.15, -0.1) is 5.10 Å². The lowest BCUT2D eigenvalue weighted by atomic mass is 10.2. The predicted octanol–water partition coefficient (Wildman–Crippen LogP) is 2.95. The lowest BCUT2D eigenvalue weighted by molar-refractivity contribution is -0.385. The summed E-state index contributed by atoms with van der Waals surface area (Å²) in [6.07, 6.45) is 1.15. The number of hydrogen-bond acceptors (Lipinski definition) is 6. The van der Waals surface area contributed by atoms with Gasteiger partial charge in [0.1, 0.15) is 12.7 Å². The van der Waals surface area contributed by atoms with E-state index in [-0.39, 0.29) is 18.1 Å². The number of benzene rings is 1. The topological polar surface area (TPSA) is 117 Å². The van der Waals surface area contributed by atoms with Crippen molar-refractivity contribution in [3.63, 3.8) is 0 Å². The summed E-state index contributed by atoms with van der Waals surface area (Å²) in [7, 11) is 1.28. The molecule has 0 aliphatic heterocycles. The highest BCUT2D eigenvalue weighted by Crippen LogP contribution is 2.24. The second kappa shape index (κ2) is 8.31. The largest absolute Gasteiger partial charge is 0.475 e. The third kappa shape index (κ3) is 4.54. The van der Waals surface area contributed by atoms with Crippen LogP contribution in [0.25, 0.3) is 0 Å². The minimum absolute atomic E-state index is 0.149. The molecule has 2 aromatic heterocycles. The van der Waals surface area contributed by atoms with Crippen LogP contribution in [0.1, 0.15) is 17.0 Å². The third-order valence-electron chi connectivity index (χ3n) is 4.27. The van der Waals surface area contributed by atoms with Gasteiger partial charge < -0.3 is 10.1 Å². The smallest absolute Gasteiger partial charge is 0.350 e. The summed E-state index contributed by atoms with van der Waals surface area (Å²) >= 11 is 6.03. The molecule has 0 atom stereocenters. The molecule has 0 bridgehead atoms. The quantitative estimate of drug-likeness (QED) is 0.465. The number of carbonyl (C=O) groups excluding carboxylic acids is 1. The molecule has 0 aliphatic rings. The van der Waals surface area contributed by atoms with Crippen LogP contribution < -0.4 is 10.1 Å². The fraction of sp³-hybridized carbons (Fsp3) is 0.278. The van der Waals surface area contributed by atoms with E-state index in [4.69, 9.17) is 16.3 Å². The first-order chi connectivity index (χ1) is 13.8. The van der Waals surface area contributed by atoms with Crippen LogP contribution in [-0.4, -0.2) is 37.5 Å². The van der Waals surface area contributed by atoms with Crippen LogP contribution in [0.3, 0.4) is 0 Å². The van der Waals surface area contributed by atoms with Crippen molar-refractivity contribution in [2.45, 2.75) is 26.9 Å². The van der Waals surface area contributed by atoms with Crippen LogP contribution in [-0.2, 0) is 17.9 Å². The van der Waals surface area contributed by atoms with Crippen LogP contribution in [0.4, 0.5) is 11.4 Å². The second-order valence-corrected chi connectivity index (χ2v) is 6.80. The number of hydrogen-bond donors (Lipinski definition) is 1. The molecule has 29 heavy (non-hydrogen) atoms. The van der Waals surface area contributed by atoms with E-state index in [1.165, 1.54) is 7.11 Å². The normalized spacial score (nSPS) is 10.8. The summed E-state index contributed by atoms with van der Waals surface area (Å²) in [4.78, 5) is 22.8. The average molecular weight is 419 g/mol. The summed E-state index contributed by atoms with van der Waals surface area (Å²) < 4.78 is 7.80. The summed E-state index contributed by atoms with van der Waals surface area (Å²) in [6.45, 7) is 3.94. The lowest BCUT2D eigenvalue weighted by Crippen LogP contribution is -2.20. The molecule has 3 rings (SSSR count). The van der Waals surface area contributed by atoms with Gasteiger partial charge in [-0.05, 0) is 31.5 Å². The van der Waals surface area contributed by atoms with E-state index in [1.807, 2.05) is 25.1 Å². The number of ether oxygens (including phenoxy) is 1. The van der Waals surface area contributed by atoms with Crippen LogP contribution in [0.15, 0.2) is 30.5 Å². The Morgan fingerprint density at radius 2 is 2.10 bits per heavy atom. The van der Waals surface area contributed by atoms with Gasteiger partial charge >= 0.3 is 11.6 Å². The van der Waals surface area contributed by atoms with E-state index in [9.17, 15) is 14.9 Å². The zero-order chi connectivity index (χ0) is 21.1. The maximum Gasteiger partial charge on any atom is 0.350 e. The molecule has 1 N–H and O–H groups in total. The number of carbonyl (C=O) groups is 1. The maximum atomic E-state index is 12.4. The summed E-state index contributed by atoms with van der Waals surface area (Å²) in [5.41, 5.74) is 2.70. The molecule has 0 spiro atoms. The van der Waals surface area contributed by atoms with Gasteiger partial charge in [-0.2, -0.15) is 5.10 Å². The zero-order valence-corrected chi connectivity index (χ0v) is 16.8. The molecule has 0 saturated carbocycles. The number of nitrogens with zero attached hydrogens (tertiary/aromatic N) is 5. The van der Waals surface area contributed by atoms with Crippen LogP contribution in [0.2, 0.25) is 5.02 Å². The van der Waals surface area contributed by atoms with Crippen molar-refractivity contribution in [2.24, 2.45) is 0 Å². The van der Waals surface area contributed by atoms with Gasteiger partial charge in [-0.3, -0.25) is 24.3 Å². The van der Waals surface area contributed by atoms with Crippen molar-refractivity contribution in [2.75, 3.05) is 12.4 Å². The highest BCUT2D eigenvalue weighted by molar-refractivity contribution is 6.30. The molecule has 152 valence electrons. The second-order valence-electron chi connectivity index (χ2n) is 6.36. The third-order valence-corrected chi connectivity index (χ3v) is 4.51. The Balaban J connectivity index is 1.74. The number of amides is 1. The first-order valence-corrected chi connectivity index (χ1v) is 9.00. The van der Waals surface area contributed by atoms with Crippen molar-refractivity contribution < 1.29 is 14.5 Å². The van der Waals surface area contributed by atoms with Gasteiger partial charge in [0.05, 0.1) is 35.7 Å². The number of anilines is 1. The van der Waals surface area contributed by atoms with Gasteiger partial charge in [0.15, 0.2) is 0 Å². The number of aryl methyl sites for hydroxylation is 1. The number of nitro groups is 1. The Hall–Kier alpha value is -3.40. The molecular formula is C18H19ClN6O4. The van der Waals surface area contributed by atoms with E-state index < -0.39 is 10.8 Å². The number of nitrogens with one attached hydrogen (secondary N) is 1. The minimum atomic E-state index is -0.617. The summed E-state index contributed by atoms with van der Waals surface area (Å²) in [5, 5.41) is 22.8. The molecule has 2 heterocycles. The van der Waals surface area contributed by atoms with Crippen LogP contribution in [0, 0.1) is 24.0 Å². The van der Waals surface area contributed by atoms with E-state index >= 15 is 0 Å². The summed E-state index contributed by atoms with van der Waals surface area (Å²) in [6, 6.07) is 7.46. The average Bonchev–Trinajstić information content (AvgIpc) is 3.18. The number of methoxy groups -OCH3 is 1. The van der Waals surface area contributed by atoms with Crippen molar-refractivity contribution in [1.29, 1.82) is 0 Å². The van der Waals surface area contributed by atoms with Gasteiger partial charge in [0.25, 0.3) is 0 Å². The Labute approximate surface area is 171 Å². The SMILES string of the molecule is COc1nn(CC(=O)Nc2c(C)nn(Cc3cccc(Cl)c3)c2C)cc1[N+](=O)[O-]. The first-order valence-electron chi connectivity index (χ1n) is 8.62. The predicted molar refractivity (Wildman–Crippen MR) is 106 cm³/mol. The molecule has 10 nitrogen and oxygen atoms in total. The van der Waals surface area contributed by atoms with Crippen molar-refractivity contribution >= 4 is 28.9 Å². The molecular weight excluding hydrogens is 400 g/mol. The molecule has 0 saturated heterocycles. The van der Waals surface area contributed by atoms with Gasteiger partial charge in [-0.25, -0.2) is 0 Å². The van der Waals surface area contributed by atoms with E-state index in [0.29, 0.717) is 22.9 Å². The van der Waals surface area contributed by atoms with Crippen molar-refractivity contribution in [1.82, 2.24) is 19.6 Å². The monoisotopic (exact) mass is 418 g/mol. The number of halogens is 1. The van der Waals surface area contributed by atoms with E-state index in [1.54, 1.807) is 17.7 Å². The molecule has 0 unspecified atom stereocenters. The fourth-order valence-corrected chi connectivity index (χ4v) is 3.12. The van der Waals surface area contributed by atoms with Gasteiger partial charge in [0, 0.05) is 5.02 Å². The standard InChI is InChI=1S/C18H19ClN6O4/c1-11-17(12(2)24(21-11)8-13-5-4-6-14(19)7-13)20-16(26)10-23-9-15(25(27)28)18(22-23)29-3/h4-7,9H,8,10H2,1-3H3,(H,20,26). The van der Waals surface area contributed by atoms with Gasteiger partial charge in [0.2, 0.25) is 5.91 Å². The van der Waals surface area contributed by atoms with E-state index in [0.717, 1.165) is 22.1 Å². The Morgan fingerprint density at radius 1 is 1.34 bits per heavy atom. The minimum Gasteiger partial charge on any atom is -0.475 e. The van der Waals surface area contributed by atoms with Crippen LogP contribution >= 0.6 is 11.6 Å². The molecule has 0 fully saturated rings. The van der Waals surface area contributed by atoms with Crippen LogP contribution in [0.5, 0.6) is 5.88 Å². The highest BCUT2D eigenvalue weighted by Gasteiger charge is 2.22. The highest BCUT2D eigenvalue weighted by atomic mass is 35.5. The van der Waals surface area contributed by atoms with E-state index in [2.05, 4.69) is 15.5 Å². The number of rotatable bonds is 7. The molecule has 0 aliphatic carbocycles. The summed E-state index contributed by atoms with van der Waals surface area (Å²) in [5.74, 6) is -0.539. The van der Waals surface area contributed by atoms with Crippen molar-refractivity contribution in [3.8, 4) is 5.88 Å². The maximum absolute atomic E-state index is 12.4. The Bertz CT molecular complexity index is 1070. The fourth-order valence-electron chi connectivity index (χ4n) is 2.91. The number of aromatic nitrogens is 4. The molecule has 3 aromatic rings. The lowest BCUT2D eigenvalue weighted by Gasteiger charge is -2.08. The molecule has 1 aromatic carbocycles. The Kier molecular flexibility index (Phi) is 5.83. The molecule has 0 radical (unpaired) electrons. The molecule has 11 heteroatoms. The zero-order valence-electron chi connectivity index (χ0n) is 16.0. The molecule has 1 amide bonds. The Morgan fingerprint density at radius 3 is 2.72 bits per heavy atom. The van der Waals surface area contributed by atoms with Gasteiger partial charge in [-0.1, -0.05) is 23.7 Å². The van der Waals surface area contributed by atoms with Crippen molar-refractivity contribution in [3.05, 3.63) is 62.6 Å². The first kappa shape index (κ1) is 20.3.